The molecule has 0 aliphatic heterocycles. The highest BCUT2D eigenvalue weighted by molar-refractivity contribution is 7.90. The molecule has 0 aliphatic rings. The van der Waals surface area contributed by atoms with E-state index in [9.17, 15) is 13.2 Å². The Morgan fingerprint density at radius 1 is 1.00 bits per heavy atom. The second-order valence-corrected chi connectivity index (χ2v) is 9.59. The summed E-state index contributed by atoms with van der Waals surface area (Å²) in [5, 5.41) is 2.98. The Bertz CT molecular complexity index is 954. The van der Waals surface area contributed by atoms with Crippen LogP contribution < -0.4 is 9.62 Å². The number of carbonyl (C=O) groups excluding carboxylic acids is 1. The molecule has 1 amide bonds. The van der Waals surface area contributed by atoms with Gasteiger partial charge in [0, 0.05) is 14.1 Å². The lowest BCUT2D eigenvalue weighted by Crippen LogP contribution is -2.46. The van der Waals surface area contributed by atoms with Crippen LogP contribution in [-0.4, -0.2) is 39.3 Å². The molecule has 0 radical (unpaired) electrons. The van der Waals surface area contributed by atoms with Crippen molar-refractivity contribution in [1.29, 1.82) is 0 Å². The van der Waals surface area contributed by atoms with E-state index in [1.807, 2.05) is 64.1 Å². The standard InChI is InChI=1S/C22H31N3O3S/c1-7-20(19-12-9-16(2)10-13-19)23-22(26)15-25(29(27,28)24(5)6)21-14-17(3)8-11-18(21)4/h8-14,20H,7,15H2,1-6H3,(H,23,26)/t20-/m1/s1. The minimum atomic E-state index is -3.83. The fraction of sp³-hybridized carbons (Fsp3) is 0.409. The van der Waals surface area contributed by atoms with E-state index < -0.39 is 10.2 Å². The zero-order chi connectivity index (χ0) is 21.8. The Morgan fingerprint density at radius 3 is 2.14 bits per heavy atom. The number of carbonyl (C=O) groups is 1. The summed E-state index contributed by atoms with van der Waals surface area (Å²) in [4.78, 5) is 12.9. The second-order valence-electron chi connectivity index (χ2n) is 7.53. The molecule has 0 saturated carbocycles. The first-order valence-electron chi connectivity index (χ1n) is 9.69. The van der Waals surface area contributed by atoms with Crippen molar-refractivity contribution in [2.75, 3.05) is 24.9 Å². The molecule has 2 aromatic rings. The minimum Gasteiger partial charge on any atom is -0.348 e. The van der Waals surface area contributed by atoms with Crippen LogP contribution in [0.5, 0.6) is 0 Å². The van der Waals surface area contributed by atoms with Crippen LogP contribution in [0.15, 0.2) is 42.5 Å². The summed E-state index contributed by atoms with van der Waals surface area (Å²) >= 11 is 0. The molecule has 0 aromatic heterocycles. The van der Waals surface area contributed by atoms with Gasteiger partial charge in [-0.05, 0) is 49.9 Å². The number of hydrogen-bond acceptors (Lipinski definition) is 3. The van der Waals surface area contributed by atoms with Gasteiger partial charge in [0.05, 0.1) is 11.7 Å². The van der Waals surface area contributed by atoms with E-state index in [1.54, 1.807) is 6.07 Å². The van der Waals surface area contributed by atoms with Gasteiger partial charge in [-0.2, -0.15) is 12.7 Å². The largest absolute Gasteiger partial charge is 0.348 e. The SMILES string of the molecule is CC[C@@H](NC(=O)CN(c1cc(C)ccc1C)S(=O)(=O)N(C)C)c1ccc(C)cc1. The molecule has 29 heavy (non-hydrogen) atoms. The summed E-state index contributed by atoms with van der Waals surface area (Å²) in [7, 11) is -0.904. The number of anilines is 1. The Kier molecular flexibility index (Phi) is 7.43. The smallest absolute Gasteiger partial charge is 0.304 e. The summed E-state index contributed by atoms with van der Waals surface area (Å²) in [6.07, 6.45) is 0.707. The molecule has 1 atom stereocenters. The second kappa shape index (κ2) is 9.41. The predicted octanol–water partition coefficient (Wildman–Crippen LogP) is 3.49. The van der Waals surface area contributed by atoms with Gasteiger partial charge >= 0.3 is 10.2 Å². The summed E-state index contributed by atoms with van der Waals surface area (Å²) < 4.78 is 28.2. The summed E-state index contributed by atoms with van der Waals surface area (Å²) in [6.45, 7) is 7.45. The molecule has 1 N–H and O–H groups in total. The molecule has 7 heteroatoms. The van der Waals surface area contributed by atoms with Gasteiger partial charge in [-0.25, -0.2) is 4.31 Å². The summed E-state index contributed by atoms with van der Waals surface area (Å²) in [5.41, 5.74) is 4.38. The first kappa shape index (κ1) is 22.9. The van der Waals surface area contributed by atoms with Crippen LogP contribution in [0.25, 0.3) is 0 Å². The number of nitrogens with one attached hydrogen (secondary N) is 1. The predicted molar refractivity (Wildman–Crippen MR) is 118 cm³/mol. The van der Waals surface area contributed by atoms with Gasteiger partial charge in [0.25, 0.3) is 0 Å². The van der Waals surface area contributed by atoms with Crippen LogP contribution in [0.1, 0.15) is 41.6 Å². The van der Waals surface area contributed by atoms with Gasteiger partial charge in [-0.3, -0.25) is 4.79 Å². The van der Waals surface area contributed by atoms with Crippen molar-refractivity contribution in [3.8, 4) is 0 Å². The zero-order valence-corrected chi connectivity index (χ0v) is 18.9. The maximum absolute atomic E-state index is 13.0. The van der Waals surface area contributed by atoms with Gasteiger partial charge in [-0.1, -0.05) is 48.9 Å². The van der Waals surface area contributed by atoms with Gasteiger partial charge in [0.2, 0.25) is 5.91 Å². The zero-order valence-electron chi connectivity index (χ0n) is 18.1. The lowest BCUT2D eigenvalue weighted by atomic mass is 10.0. The molecule has 2 rings (SSSR count). The van der Waals surface area contributed by atoms with Gasteiger partial charge < -0.3 is 5.32 Å². The van der Waals surface area contributed by atoms with Gasteiger partial charge in [0.15, 0.2) is 0 Å². The maximum Gasteiger partial charge on any atom is 0.304 e. The Balaban J connectivity index is 2.32. The molecule has 2 aromatic carbocycles. The van der Waals surface area contributed by atoms with Crippen molar-refractivity contribution in [1.82, 2.24) is 9.62 Å². The Morgan fingerprint density at radius 2 is 1.59 bits per heavy atom. The molecule has 0 spiro atoms. The van der Waals surface area contributed by atoms with Crippen molar-refractivity contribution < 1.29 is 13.2 Å². The van der Waals surface area contributed by atoms with E-state index in [-0.39, 0.29) is 18.5 Å². The highest BCUT2D eigenvalue weighted by Crippen LogP contribution is 2.25. The van der Waals surface area contributed by atoms with E-state index >= 15 is 0 Å². The average Bonchev–Trinajstić information content (AvgIpc) is 2.66. The van der Waals surface area contributed by atoms with Crippen molar-refractivity contribution >= 4 is 21.8 Å². The number of hydrogen-bond donors (Lipinski definition) is 1. The molecule has 6 nitrogen and oxygen atoms in total. The van der Waals surface area contributed by atoms with Crippen LogP contribution in [0.3, 0.4) is 0 Å². The quantitative estimate of drug-likeness (QED) is 0.715. The molecule has 0 bridgehead atoms. The fourth-order valence-electron chi connectivity index (χ4n) is 3.07. The lowest BCUT2D eigenvalue weighted by Gasteiger charge is -2.29. The fourth-order valence-corrected chi connectivity index (χ4v) is 4.19. The Hall–Kier alpha value is -2.38. The first-order valence-corrected chi connectivity index (χ1v) is 11.1. The van der Waals surface area contributed by atoms with Gasteiger partial charge in [0.1, 0.15) is 6.54 Å². The molecule has 0 unspecified atom stereocenters. The Labute approximate surface area is 174 Å². The minimum absolute atomic E-state index is 0.175. The first-order chi connectivity index (χ1) is 13.6. The highest BCUT2D eigenvalue weighted by atomic mass is 32.2. The van der Waals surface area contributed by atoms with Crippen LogP contribution in [0.4, 0.5) is 5.69 Å². The van der Waals surface area contributed by atoms with Crippen LogP contribution >= 0.6 is 0 Å². The number of aryl methyl sites for hydroxylation is 3. The maximum atomic E-state index is 13.0. The number of rotatable bonds is 8. The molecular weight excluding hydrogens is 386 g/mol. The van der Waals surface area contributed by atoms with Crippen molar-refractivity contribution in [3.05, 3.63) is 64.7 Å². The van der Waals surface area contributed by atoms with E-state index in [0.29, 0.717) is 12.1 Å². The molecule has 0 heterocycles. The van der Waals surface area contributed by atoms with E-state index in [0.717, 1.165) is 26.6 Å². The van der Waals surface area contributed by atoms with Gasteiger partial charge in [-0.15, -0.1) is 0 Å². The third kappa shape index (κ3) is 5.58. The third-order valence-electron chi connectivity index (χ3n) is 4.88. The molecule has 0 aliphatic carbocycles. The number of amides is 1. The average molecular weight is 418 g/mol. The monoisotopic (exact) mass is 417 g/mol. The number of benzene rings is 2. The molecule has 0 saturated heterocycles. The normalized spacial score (nSPS) is 12.7. The van der Waals surface area contributed by atoms with Crippen LogP contribution in [-0.2, 0) is 15.0 Å². The highest BCUT2D eigenvalue weighted by Gasteiger charge is 2.29. The van der Waals surface area contributed by atoms with E-state index in [1.165, 1.54) is 18.4 Å². The van der Waals surface area contributed by atoms with Crippen molar-refractivity contribution in [2.24, 2.45) is 0 Å². The van der Waals surface area contributed by atoms with Crippen LogP contribution in [0, 0.1) is 20.8 Å². The topological polar surface area (TPSA) is 69.7 Å². The van der Waals surface area contributed by atoms with Crippen molar-refractivity contribution in [2.45, 2.75) is 40.2 Å². The van der Waals surface area contributed by atoms with Crippen molar-refractivity contribution in [3.63, 3.8) is 0 Å². The molecular formula is C22H31N3O3S. The van der Waals surface area contributed by atoms with E-state index in [4.69, 9.17) is 0 Å². The summed E-state index contributed by atoms with van der Waals surface area (Å²) in [5.74, 6) is -0.344. The third-order valence-corrected chi connectivity index (χ3v) is 6.69. The van der Waals surface area contributed by atoms with Crippen LogP contribution in [0.2, 0.25) is 0 Å². The summed E-state index contributed by atoms with van der Waals surface area (Å²) in [6, 6.07) is 13.4. The molecule has 0 fully saturated rings. The lowest BCUT2D eigenvalue weighted by molar-refractivity contribution is -0.120. The number of nitrogens with zero attached hydrogens (tertiary/aromatic N) is 2. The van der Waals surface area contributed by atoms with E-state index in [2.05, 4.69) is 5.32 Å². The molecule has 158 valence electrons.